The van der Waals surface area contributed by atoms with Gasteiger partial charge in [0.25, 0.3) is 0 Å². The summed E-state index contributed by atoms with van der Waals surface area (Å²) in [6.07, 6.45) is 1.05. The van der Waals surface area contributed by atoms with E-state index >= 15 is 0 Å². The molecule has 0 atom stereocenters. The summed E-state index contributed by atoms with van der Waals surface area (Å²) in [6, 6.07) is 8.11. The molecule has 0 saturated heterocycles. The van der Waals surface area contributed by atoms with Crippen LogP contribution in [0.25, 0.3) is 0 Å². The maximum absolute atomic E-state index is 5.93. The standard InChI is InChI=1S/C21H39N5O2.HI/c1-6-22-21(23-12-14-26(4)13-9-16-27-5)24-18-19-10-7-8-11-20(19)28-17-15-25(2)3;/h7-8,10-11H,6,9,12-18H2,1-5H3,(H2,22,23,24);1H. The minimum atomic E-state index is 0. The molecule has 1 aromatic rings. The van der Waals surface area contributed by atoms with E-state index in [1.807, 2.05) is 32.3 Å². The molecule has 0 heterocycles. The second kappa shape index (κ2) is 17.7. The second-order valence-electron chi connectivity index (χ2n) is 7.03. The number of halogens is 1. The number of hydrogen-bond donors (Lipinski definition) is 2. The zero-order chi connectivity index (χ0) is 20.6. The maximum atomic E-state index is 5.93. The number of methoxy groups -OCH3 is 1. The predicted octanol–water partition coefficient (Wildman–Crippen LogP) is 2.27. The predicted molar refractivity (Wildman–Crippen MR) is 133 cm³/mol. The van der Waals surface area contributed by atoms with Crippen molar-refractivity contribution in [3.05, 3.63) is 29.8 Å². The van der Waals surface area contributed by atoms with E-state index < -0.39 is 0 Å². The van der Waals surface area contributed by atoms with Crippen LogP contribution in [0.5, 0.6) is 5.75 Å². The summed E-state index contributed by atoms with van der Waals surface area (Å²) >= 11 is 0. The largest absolute Gasteiger partial charge is 0.492 e. The topological polar surface area (TPSA) is 61.4 Å². The molecule has 0 saturated carbocycles. The highest BCUT2D eigenvalue weighted by Crippen LogP contribution is 2.18. The van der Waals surface area contributed by atoms with Crippen LogP contribution in [0.4, 0.5) is 0 Å². The van der Waals surface area contributed by atoms with Crippen molar-refractivity contribution >= 4 is 29.9 Å². The van der Waals surface area contributed by atoms with E-state index in [1.165, 1.54) is 0 Å². The fourth-order valence-electron chi connectivity index (χ4n) is 2.58. The van der Waals surface area contributed by atoms with Gasteiger partial charge in [0.15, 0.2) is 5.96 Å². The number of aliphatic imine (C=N–C) groups is 1. The van der Waals surface area contributed by atoms with Crippen LogP contribution in [0.2, 0.25) is 0 Å². The number of para-hydroxylation sites is 1. The third-order valence-corrected chi connectivity index (χ3v) is 4.19. The van der Waals surface area contributed by atoms with Crippen LogP contribution in [0.1, 0.15) is 18.9 Å². The van der Waals surface area contributed by atoms with Gasteiger partial charge in [-0.3, -0.25) is 0 Å². The van der Waals surface area contributed by atoms with Crippen molar-refractivity contribution in [2.75, 3.05) is 74.2 Å². The zero-order valence-corrected chi connectivity index (χ0v) is 21.1. The van der Waals surface area contributed by atoms with Crippen LogP contribution < -0.4 is 15.4 Å². The molecule has 2 N–H and O–H groups in total. The lowest BCUT2D eigenvalue weighted by Crippen LogP contribution is -2.41. The van der Waals surface area contributed by atoms with Gasteiger partial charge in [-0.2, -0.15) is 0 Å². The Morgan fingerprint density at radius 1 is 1.03 bits per heavy atom. The fourth-order valence-corrected chi connectivity index (χ4v) is 2.58. The fraction of sp³-hybridized carbons (Fsp3) is 0.667. The van der Waals surface area contributed by atoms with Crippen LogP contribution in [-0.2, 0) is 11.3 Å². The van der Waals surface area contributed by atoms with Crippen LogP contribution in [0, 0.1) is 0 Å². The molecule has 0 unspecified atom stereocenters. The molecule has 0 aromatic heterocycles. The molecule has 0 fully saturated rings. The monoisotopic (exact) mass is 521 g/mol. The maximum Gasteiger partial charge on any atom is 0.191 e. The molecule has 0 radical (unpaired) electrons. The Labute approximate surface area is 194 Å². The number of nitrogens with one attached hydrogen (secondary N) is 2. The van der Waals surface area contributed by atoms with Crippen molar-refractivity contribution in [3.63, 3.8) is 0 Å². The molecule has 0 amide bonds. The Hall–Kier alpha value is -1.10. The Kier molecular flexibility index (Phi) is 17.1. The quantitative estimate of drug-likeness (QED) is 0.170. The van der Waals surface area contributed by atoms with Gasteiger partial charge in [-0.25, -0.2) is 4.99 Å². The molecule has 8 heteroatoms. The molecule has 1 rings (SSSR count). The number of guanidine groups is 1. The molecule has 1 aromatic carbocycles. The average molecular weight is 521 g/mol. The number of benzene rings is 1. The number of likely N-dealkylation sites (N-methyl/N-ethyl adjacent to an activating group) is 2. The normalized spacial score (nSPS) is 11.5. The van der Waals surface area contributed by atoms with E-state index in [1.54, 1.807) is 7.11 Å². The molecule has 29 heavy (non-hydrogen) atoms. The first-order valence-corrected chi connectivity index (χ1v) is 10.1. The number of rotatable bonds is 14. The van der Waals surface area contributed by atoms with Crippen LogP contribution >= 0.6 is 24.0 Å². The van der Waals surface area contributed by atoms with E-state index in [0.717, 1.165) is 63.0 Å². The molecule has 0 bridgehead atoms. The Morgan fingerprint density at radius 2 is 1.79 bits per heavy atom. The minimum absolute atomic E-state index is 0. The molecule has 0 aliphatic carbocycles. The summed E-state index contributed by atoms with van der Waals surface area (Å²) in [6.45, 7) is 8.68. The van der Waals surface area contributed by atoms with Crippen molar-refractivity contribution < 1.29 is 9.47 Å². The van der Waals surface area contributed by atoms with Gasteiger partial charge in [-0.05, 0) is 40.6 Å². The van der Waals surface area contributed by atoms with Crippen molar-refractivity contribution in [3.8, 4) is 5.75 Å². The molecular formula is C21H40IN5O2. The molecule has 7 nitrogen and oxygen atoms in total. The van der Waals surface area contributed by atoms with Gasteiger partial charge in [0.1, 0.15) is 12.4 Å². The zero-order valence-electron chi connectivity index (χ0n) is 18.7. The first kappa shape index (κ1) is 27.9. The van der Waals surface area contributed by atoms with Crippen molar-refractivity contribution in [1.82, 2.24) is 20.4 Å². The molecular weight excluding hydrogens is 481 g/mol. The third-order valence-electron chi connectivity index (χ3n) is 4.19. The minimum Gasteiger partial charge on any atom is -0.492 e. The summed E-state index contributed by atoms with van der Waals surface area (Å²) in [5.74, 6) is 1.73. The van der Waals surface area contributed by atoms with Gasteiger partial charge in [0, 0.05) is 52.0 Å². The average Bonchev–Trinajstić information content (AvgIpc) is 2.67. The van der Waals surface area contributed by atoms with Gasteiger partial charge in [-0.1, -0.05) is 18.2 Å². The first-order valence-electron chi connectivity index (χ1n) is 10.1. The summed E-state index contributed by atoms with van der Waals surface area (Å²) in [4.78, 5) is 9.13. The van der Waals surface area contributed by atoms with Crippen LogP contribution in [0.15, 0.2) is 29.3 Å². The number of hydrogen-bond acceptors (Lipinski definition) is 5. The van der Waals surface area contributed by atoms with Crippen LogP contribution in [0.3, 0.4) is 0 Å². The van der Waals surface area contributed by atoms with Gasteiger partial charge in [0.2, 0.25) is 0 Å². The molecule has 0 aliphatic heterocycles. The van der Waals surface area contributed by atoms with Gasteiger partial charge in [-0.15, -0.1) is 24.0 Å². The van der Waals surface area contributed by atoms with E-state index in [0.29, 0.717) is 13.2 Å². The first-order chi connectivity index (χ1) is 13.6. The van der Waals surface area contributed by atoms with Gasteiger partial charge >= 0.3 is 0 Å². The van der Waals surface area contributed by atoms with Crippen molar-refractivity contribution in [2.24, 2.45) is 4.99 Å². The van der Waals surface area contributed by atoms with Gasteiger partial charge in [0.05, 0.1) is 6.54 Å². The lowest BCUT2D eigenvalue weighted by Gasteiger charge is -2.18. The number of nitrogens with zero attached hydrogens (tertiary/aromatic N) is 3. The van der Waals surface area contributed by atoms with E-state index in [-0.39, 0.29) is 24.0 Å². The molecule has 168 valence electrons. The summed E-state index contributed by atoms with van der Waals surface area (Å²) < 4.78 is 11.0. The summed E-state index contributed by atoms with van der Waals surface area (Å²) in [7, 11) is 7.96. The second-order valence-corrected chi connectivity index (χ2v) is 7.03. The van der Waals surface area contributed by atoms with E-state index in [2.05, 4.69) is 40.5 Å². The van der Waals surface area contributed by atoms with Gasteiger partial charge < -0.3 is 29.9 Å². The lowest BCUT2D eigenvalue weighted by molar-refractivity contribution is 0.180. The van der Waals surface area contributed by atoms with E-state index in [4.69, 9.17) is 14.5 Å². The van der Waals surface area contributed by atoms with Crippen molar-refractivity contribution in [2.45, 2.75) is 19.9 Å². The van der Waals surface area contributed by atoms with E-state index in [9.17, 15) is 0 Å². The SMILES string of the molecule is CCNC(=NCc1ccccc1OCCN(C)C)NCCN(C)CCCOC.I. The Morgan fingerprint density at radius 3 is 2.48 bits per heavy atom. The van der Waals surface area contributed by atoms with Crippen LogP contribution in [-0.4, -0.2) is 89.9 Å². The molecule has 0 spiro atoms. The summed E-state index contributed by atoms with van der Waals surface area (Å²) in [5, 5.41) is 6.72. The highest BCUT2D eigenvalue weighted by Gasteiger charge is 2.05. The lowest BCUT2D eigenvalue weighted by atomic mass is 10.2. The Bertz CT molecular complexity index is 558. The third kappa shape index (κ3) is 13.7. The smallest absolute Gasteiger partial charge is 0.191 e. The molecule has 0 aliphatic rings. The highest BCUT2D eigenvalue weighted by molar-refractivity contribution is 14.0. The Balaban J connectivity index is 0.00000784. The highest BCUT2D eigenvalue weighted by atomic mass is 127. The van der Waals surface area contributed by atoms with Crippen molar-refractivity contribution in [1.29, 1.82) is 0 Å². The summed E-state index contributed by atoms with van der Waals surface area (Å²) in [5.41, 5.74) is 1.09. The number of ether oxygens (including phenoxy) is 2.